The smallest absolute Gasteiger partial charge is 0.250 e. The summed E-state index contributed by atoms with van der Waals surface area (Å²) in [5, 5.41) is 15.4. The Morgan fingerprint density at radius 3 is 2.58 bits per heavy atom. The zero-order valence-electron chi connectivity index (χ0n) is 16.2. The van der Waals surface area contributed by atoms with Crippen molar-refractivity contribution in [2.24, 2.45) is 5.10 Å². The number of aromatic nitrogens is 2. The van der Waals surface area contributed by atoms with Crippen LogP contribution in [0.15, 0.2) is 80.5 Å². The maximum Gasteiger partial charge on any atom is 0.250 e. The summed E-state index contributed by atoms with van der Waals surface area (Å²) in [5.74, 6) is 0.829. The van der Waals surface area contributed by atoms with Gasteiger partial charge in [0.1, 0.15) is 0 Å². The van der Waals surface area contributed by atoms with Gasteiger partial charge in [0.2, 0.25) is 0 Å². The monoisotopic (exact) mass is 484 g/mol. The van der Waals surface area contributed by atoms with Gasteiger partial charge < -0.3 is 0 Å². The Balaban J connectivity index is 1.24. The highest BCUT2D eigenvalue weighted by Crippen LogP contribution is 2.30. The summed E-state index contributed by atoms with van der Waals surface area (Å²) in [6.07, 6.45) is 1.67. The molecule has 4 rings (SSSR count). The van der Waals surface area contributed by atoms with Crippen molar-refractivity contribution in [1.29, 1.82) is 0 Å². The summed E-state index contributed by atoms with van der Waals surface area (Å²) in [4.78, 5) is 12.1. The van der Waals surface area contributed by atoms with E-state index in [9.17, 15) is 4.79 Å². The fourth-order valence-corrected chi connectivity index (χ4v) is 5.63. The Labute approximate surface area is 197 Å². The second-order valence-corrected chi connectivity index (χ2v) is 10.3. The van der Waals surface area contributed by atoms with Crippen LogP contribution in [0, 0.1) is 0 Å². The number of hydrogen-bond donors (Lipinski definition) is 1. The van der Waals surface area contributed by atoms with E-state index in [0.717, 1.165) is 35.8 Å². The lowest BCUT2D eigenvalue weighted by atomic mass is 10.1. The molecule has 0 unspecified atom stereocenters. The second kappa shape index (κ2) is 10.8. The highest BCUT2D eigenvalue weighted by molar-refractivity contribution is 8.03. The molecular weight excluding hydrogens is 468 g/mol. The molecular formula is C22H17ClN4OS3. The number of carbonyl (C=O) groups is 1. The number of nitrogens with one attached hydrogen (secondary N) is 1. The Hall–Kier alpha value is -2.39. The zero-order chi connectivity index (χ0) is 21.5. The van der Waals surface area contributed by atoms with Gasteiger partial charge in [0.15, 0.2) is 8.68 Å². The molecule has 0 fully saturated rings. The molecule has 0 radical (unpaired) electrons. The lowest BCUT2D eigenvalue weighted by Gasteiger charge is -2.01. The van der Waals surface area contributed by atoms with E-state index < -0.39 is 0 Å². The second-order valence-electron chi connectivity index (χ2n) is 6.40. The van der Waals surface area contributed by atoms with Gasteiger partial charge in [0.25, 0.3) is 5.91 Å². The highest BCUT2D eigenvalue weighted by atomic mass is 35.5. The normalized spacial score (nSPS) is 11.3. The van der Waals surface area contributed by atoms with E-state index in [4.69, 9.17) is 11.6 Å². The minimum atomic E-state index is -0.188. The molecule has 1 aromatic heterocycles. The molecule has 0 aliphatic heterocycles. The van der Waals surface area contributed by atoms with Crippen LogP contribution in [-0.2, 0) is 10.5 Å². The number of thioether (sulfide) groups is 2. The number of rotatable bonds is 8. The number of amides is 1. The minimum absolute atomic E-state index is 0.188. The number of halogens is 1. The molecule has 156 valence electrons. The molecule has 9 heteroatoms. The van der Waals surface area contributed by atoms with Crippen molar-refractivity contribution in [2.45, 2.75) is 14.4 Å². The predicted molar refractivity (Wildman–Crippen MR) is 131 cm³/mol. The van der Waals surface area contributed by atoms with E-state index in [1.807, 2.05) is 66.7 Å². The third-order valence-corrected chi connectivity index (χ3v) is 7.72. The fraction of sp³-hybridized carbons (Fsp3) is 0.0909. The Morgan fingerprint density at radius 2 is 1.74 bits per heavy atom. The van der Waals surface area contributed by atoms with E-state index >= 15 is 0 Å². The topological polar surface area (TPSA) is 67.2 Å². The summed E-state index contributed by atoms with van der Waals surface area (Å²) < 4.78 is 1.62. The Morgan fingerprint density at radius 1 is 1.00 bits per heavy atom. The van der Waals surface area contributed by atoms with Crippen LogP contribution in [0.1, 0.15) is 11.1 Å². The maximum atomic E-state index is 12.1. The largest absolute Gasteiger partial charge is 0.272 e. The van der Waals surface area contributed by atoms with Gasteiger partial charge in [-0.25, -0.2) is 5.43 Å². The summed E-state index contributed by atoms with van der Waals surface area (Å²) >= 11 is 10.3. The maximum absolute atomic E-state index is 12.1. The molecule has 3 aromatic carbocycles. The van der Waals surface area contributed by atoms with E-state index in [2.05, 4.69) is 20.7 Å². The first kappa shape index (κ1) is 21.8. The number of carbonyl (C=O) groups excluding carboxylic acids is 1. The van der Waals surface area contributed by atoms with Gasteiger partial charge in [-0.05, 0) is 28.5 Å². The molecule has 0 atom stereocenters. The van der Waals surface area contributed by atoms with Crippen LogP contribution < -0.4 is 5.43 Å². The lowest BCUT2D eigenvalue weighted by molar-refractivity contribution is -0.118. The first-order valence-electron chi connectivity index (χ1n) is 9.30. The fourth-order valence-electron chi connectivity index (χ4n) is 2.74. The van der Waals surface area contributed by atoms with E-state index in [1.54, 1.807) is 18.0 Å². The molecule has 1 N–H and O–H groups in total. The van der Waals surface area contributed by atoms with Crippen LogP contribution in [-0.4, -0.2) is 28.1 Å². The van der Waals surface area contributed by atoms with Crippen LogP contribution in [0.25, 0.3) is 10.8 Å². The molecule has 31 heavy (non-hydrogen) atoms. The van der Waals surface area contributed by atoms with Crippen molar-refractivity contribution in [3.8, 4) is 0 Å². The van der Waals surface area contributed by atoms with Crippen LogP contribution in [0.2, 0.25) is 5.02 Å². The van der Waals surface area contributed by atoms with Gasteiger partial charge in [-0.2, -0.15) is 5.10 Å². The van der Waals surface area contributed by atoms with Gasteiger partial charge in [0, 0.05) is 16.3 Å². The van der Waals surface area contributed by atoms with Gasteiger partial charge >= 0.3 is 0 Å². The number of hydrazone groups is 1. The van der Waals surface area contributed by atoms with Gasteiger partial charge in [-0.1, -0.05) is 101 Å². The molecule has 1 heterocycles. The number of nitrogens with zero attached hydrogens (tertiary/aromatic N) is 3. The third kappa shape index (κ3) is 6.30. The first-order valence-corrected chi connectivity index (χ1v) is 12.5. The SMILES string of the molecule is O=C(CSc1nnc(SCc2ccc(Cl)cc2)s1)N/N=C\c1cccc2ccccc12. The number of benzene rings is 3. The Kier molecular flexibility index (Phi) is 7.58. The van der Waals surface area contributed by atoms with Crippen LogP contribution >= 0.6 is 46.5 Å². The average Bonchev–Trinajstić information content (AvgIpc) is 3.25. The summed E-state index contributed by atoms with van der Waals surface area (Å²) in [5.41, 5.74) is 4.70. The van der Waals surface area contributed by atoms with Crippen LogP contribution in [0.3, 0.4) is 0 Å². The lowest BCUT2D eigenvalue weighted by Crippen LogP contribution is -2.19. The molecule has 4 aromatic rings. The molecule has 0 bridgehead atoms. The average molecular weight is 485 g/mol. The van der Waals surface area contributed by atoms with Crippen LogP contribution in [0.4, 0.5) is 0 Å². The van der Waals surface area contributed by atoms with Crippen molar-refractivity contribution in [1.82, 2.24) is 15.6 Å². The molecule has 1 amide bonds. The van der Waals surface area contributed by atoms with Crippen molar-refractivity contribution in [3.05, 3.63) is 82.9 Å². The Bertz CT molecular complexity index is 1210. The summed E-state index contributed by atoms with van der Waals surface area (Å²) in [7, 11) is 0. The molecule has 0 spiro atoms. The molecule has 0 saturated heterocycles. The van der Waals surface area contributed by atoms with Gasteiger partial charge in [-0.15, -0.1) is 10.2 Å². The molecule has 5 nitrogen and oxygen atoms in total. The minimum Gasteiger partial charge on any atom is -0.272 e. The van der Waals surface area contributed by atoms with E-state index in [-0.39, 0.29) is 11.7 Å². The first-order chi connectivity index (χ1) is 15.2. The molecule has 0 aliphatic carbocycles. The predicted octanol–water partition coefficient (Wildman–Crippen LogP) is 5.88. The van der Waals surface area contributed by atoms with E-state index in [0.29, 0.717) is 0 Å². The van der Waals surface area contributed by atoms with Gasteiger partial charge in [-0.3, -0.25) is 4.79 Å². The molecule has 0 aliphatic rings. The van der Waals surface area contributed by atoms with E-state index in [1.165, 1.54) is 28.7 Å². The molecule has 0 saturated carbocycles. The van der Waals surface area contributed by atoms with Crippen molar-refractivity contribution >= 4 is 69.4 Å². The number of hydrogen-bond acceptors (Lipinski definition) is 7. The summed E-state index contributed by atoms with van der Waals surface area (Å²) in [6.45, 7) is 0. The van der Waals surface area contributed by atoms with Crippen molar-refractivity contribution in [3.63, 3.8) is 0 Å². The summed E-state index contributed by atoms with van der Waals surface area (Å²) in [6, 6.07) is 21.8. The van der Waals surface area contributed by atoms with Gasteiger partial charge in [0.05, 0.1) is 12.0 Å². The number of fused-ring (bicyclic) bond motifs is 1. The van der Waals surface area contributed by atoms with Crippen molar-refractivity contribution in [2.75, 3.05) is 5.75 Å². The standard InChI is InChI=1S/C22H17ClN4OS3/c23-18-10-8-15(9-11-18)13-29-21-26-27-22(31-21)30-14-20(28)25-24-12-17-6-3-5-16-4-1-2-7-19(16)17/h1-12H,13-14H2,(H,25,28)/b24-12-. The van der Waals surface area contributed by atoms with Crippen LogP contribution in [0.5, 0.6) is 0 Å². The third-order valence-electron chi connectivity index (χ3n) is 4.21. The van der Waals surface area contributed by atoms with Crippen molar-refractivity contribution < 1.29 is 4.79 Å². The highest BCUT2D eigenvalue weighted by Gasteiger charge is 2.09. The quantitative estimate of drug-likeness (QED) is 0.192. The zero-order valence-corrected chi connectivity index (χ0v) is 19.4.